The van der Waals surface area contributed by atoms with Crippen molar-refractivity contribution in [2.45, 2.75) is 13.0 Å². The van der Waals surface area contributed by atoms with Crippen LogP contribution < -0.4 is 5.32 Å². The van der Waals surface area contributed by atoms with Gasteiger partial charge in [-0.3, -0.25) is 4.98 Å². The number of para-hydroxylation sites is 1. The zero-order valence-corrected chi connectivity index (χ0v) is 12.9. The van der Waals surface area contributed by atoms with Crippen LogP contribution in [0.2, 0.25) is 5.02 Å². The molecule has 0 saturated heterocycles. The molecule has 0 amide bonds. The molecule has 0 aliphatic carbocycles. The Kier molecular flexibility index (Phi) is 3.74. The molecular formula is C16H15ClN2S. The topological polar surface area (TPSA) is 24.9 Å². The highest BCUT2D eigenvalue weighted by molar-refractivity contribution is 7.10. The molecule has 1 atom stereocenters. The second-order valence-corrected chi connectivity index (χ2v) is 6.07. The third-order valence-electron chi connectivity index (χ3n) is 3.42. The standard InChI is InChI=1S/C16H15ClN2S/c1-10-9-20-16(14(10)17)15(18-2)12-7-11-5-3-4-6-13(11)19-8-12/h3-9,15,18H,1-2H3. The number of fused-ring (bicyclic) bond motifs is 1. The summed E-state index contributed by atoms with van der Waals surface area (Å²) in [6.45, 7) is 2.04. The van der Waals surface area contributed by atoms with E-state index in [1.165, 1.54) is 0 Å². The molecule has 1 aromatic carbocycles. The third-order valence-corrected chi connectivity index (χ3v) is 5.20. The number of nitrogens with zero attached hydrogens (tertiary/aromatic N) is 1. The number of aromatic nitrogens is 1. The van der Waals surface area contributed by atoms with E-state index < -0.39 is 0 Å². The normalized spacial score (nSPS) is 12.8. The molecule has 2 nitrogen and oxygen atoms in total. The molecule has 102 valence electrons. The number of hydrogen-bond acceptors (Lipinski definition) is 3. The highest BCUT2D eigenvalue weighted by atomic mass is 35.5. The average molecular weight is 303 g/mol. The first-order valence-electron chi connectivity index (χ1n) is 6.46. The van der Waals surface area contributed by atoms with Crippen molar-refractivity contribution in [2.75, 3.05) is 7.05 Å². The lowest BCUT2D eigenvalue weighted by molar-refractivity contribution is 0.702. The molecule has 0 aliphatic rings. The summed E-state index contributed by atoms with van der Waals surface area (Å²) < 4.78 is 0. The molecule has 0 aliphatic heterocycles. The summed E-state index contributed by atoms with van der Waals surface area (Å²) in [5.41, 5.74) is 3.27. The lowest BCUT2D eigenvalue weighted by atomic mass is 10.0. The van der Waals surface area contributed by atoms with Gasteiger partial charge in [0.1, 0.15) is 0 Å². The van der Waals surface area contributed by atoms with Crippen LogP contribution in [0.3, 0.4) is 0 Å². The number of nitrogens with one attached hydrogen (secondary N) is 1. The van der Waals surface area contributed by atoms with Crippen LogP contribution in [0.4, 0.5) is 0 Å². The monoisotopic (exact) mass is 302 g/mol. The number of thiophene rings is 1. The maximum absolute atomic E-state index is 6.40. The van der Waals surface area contributed by atoms with Gasteiger partial charge in [0.05, 0.1) is 16.6 Å². The van der Waals surface area contributed by atoms with E-state index in [9.17, 15) is 0 Å². The lowest BCUT2D eigenvalue weighted by Crippen LogP contribution is -2.17. The molecule has 4 heteroatoms. The quantitative estimate of drug-likeness (QED) is 0.767. The Balaban J connectivity index is 2.09. The van der Waals surface area contributed by atoms with Gasteiger partial charge in [0, 0.05) is 16.5 Å². The molecule has 0 radical (unpaired) electrons. The Morgan fingerprint density at radius 3 is 2.80 bits per heavy atom. The van der Waals surface area contributed by atoms with Crippen molar-refractivity contribution >= 4 is 33.8 Å². The minimum Gasteiger partial charge on any atom is -0.309 e. The largest absolute Gasteiger partial charge is 0.309 e. The van der Waals surface area contributed by atoms with Gasteiger partial charge in [-0.25, -0.2) is 0 Å². The fraction of sp³-hybridized carbons (Fsp3) is 0.188. The van der Waals surface area contributed by atoms with Crippen molar-refractivity contribution in [2.24, 2.45) is 0 Å². The van der Waals surface area contributed by atoms with E-state index >= 15 is 0 Å². The predicted molar refractivity (Wildman–Crippen MR) is 86.7 cm³/mol. The summed E-state index contributed by atoms with van der Waals surface area (Å²) >= 11 is 8.09. The van der Waals surface area contributed by atoms with Gasteiger partial charge in [0.2, 0.25) is 0 Å². The van der Waals surface area contributed by atoms with Crippen LogP contribution in [0.1, 0.15) is 22.0 Å². The molecule has 1 unspecified atom stereocenters. The van der Waals surface area contributed by atoms with Crippen LogP contribution in [0, 0.1) is 6.92 Å². The highest BCUT2D eigenvalue weighted by Crippen LogP contribution is 2.35. The summed E-state index contributed by atoms with van der Waals surface area (Å²) in [4.78, 5) is 5.68. The molecule has 0 fully saturated rings. The number of rotatable bonds is 3. The van der Waals surface area contributed by atoms with E-state index in [-0.39, 0.29) is 6.04 Å². The first-order chi connectivity index (χ1) is 9.70. The van der Waals surface area contributed by atoms with E-state index in [0.717, 1.165) is 31.9 Å². The number of hydrogen-bond donors (Lipinski definition) is 1. The molecular weight excluding hydrogens is 288 g/mol. The first kappa shape index (κ1) is 13.6. The molecule has 0 spiro atoms. The van der Waals surface area contributed by atoms with Crippen LogP contribution in [-0.2, 0) is 0 Å². The Bertz CT molecular complexity index is 751. The SMILES string of the molecule is CNC(c1cnc2ccccc2c1)c1scc(C)c1Cl. The maximum atomic E-state index is 6.40. The number of pyridine rings is 1. The van der Waals surface area contributed by atoms with Crippen LogP contribution in [-0.4, -0.2) is 12.0 Å². The molecule has 0 saturated carbocycles. The second kappa shape index (κ2) is 5.52. The Morgan fingerprint density at radius 2 is 2.10 bits per heavy atom. The van der Waals surface area contributed by atoms with Crippen molar-refractivity contribution in [1.82, 2.24) is 10.3 Å². The van der Waals surface area contributed by atoms with Gasteiger partial charge in [0.25, 0.3) is 0 Å². The van der Waals surface area contributed by atoms with E-state index in [0.29, 0.717) is 0 Å². The molecule has 3 aromatic rings. The van der Waals surface area contributed by atoms with Gasteiger partial charge in [-0.1, -0.05) is 29.8 Å². The smallest absolute Gasteiger partial charge is 0.0702 e. The van der Waals surface area contributed by atoms with Gasteiger partial charge in [-0.2, -0.15) is 0 Å². The summed E-state index contributed by atoms with van der Waals surface area (Å²) in [7, 11) is 1.95. The molecule has 2 heterocycles. The first-order valence-corrected chi connectivity index (χ1v) is 7.72. The second-order valence-electron chi connectivity index (χ2n) is 4.78. The number of aryl methyl sites for hydroxylation is 1. The van der Waals surface area contributed by atoms with E-state index in [1.54, 1.807) is 11.3 Å². The third kappa shape index (κ3) is 2.33. The van der Waals surface area contributed by atoms with Gasteiger partial charge in [0.15, 0.2) is 0 Å². The van der Waals surface area contributed by atoms with Crippen molar-refractivity contribution in [1.29, 1.82) is 0 Å². The zero-order valence-electron chi connectivity index (χ0n) is 11.4. The van der Waals surface area contributed by atoms with E-state index in [2.05, 4.69) is 27.8 Å². The highest BCUT2D eigenvalue weighted by Gasteiger charge is 2.19. The van der Waals surface area contributed by atoms with Crippen LogP contribution in [0.15, 0.2) is 41.9 Å². The minimum absolute atomic E-state index is 0.0818. The fourth-order valence-electron chi connectivity index (χ4n) is 2.34. The summed E-state index contributed by atoms with van der Waals surface area (Å²) in [5, 5.41) is 7.43. The Morgan fingerprint density at radius 1 is 1.30 bits per heavy atom. The van der Waals surface area contributed by atoms with Crippen LogP contribution >= 0.6 is 22.9 Å². The lowest BCUT2D eigenvalue weighted by Gasteiger charge is -2.16. The van der Waals surface area contributed by atoms with Crippen molar-refractivity contribution in [3.63, 3.8) is 0 Å². The Labute approximate surface area is 127 Å². The van der Waals surface area contributed by atoms with Crippen molar-refractivity contribution in [3.05, 3.63) is 62.9 Å². The van der Waals surface area contributed by atoms with Crippen molar-refractivity contribution < 1.29 is 0 Å². The van der Waals surface area contributed by atoms with E-state index in [1.807, 2.05) is 38.4 Å². The van der Waals surface area contributed by atoms with Crippen LogP contribution in [0.25, 0.3) is 10.9 Å². The molecule has 2 aromatic heterocycles. The van der Waals surface area contributed by atoms with Crippen molar-refractivity contribution in [3.8, 4) is 0 Å². The van der Waals surface area contributed by atoms with E-state index in [4.69, 9.17) is 11.6 Å². The van der Waals surface area contributed by atoms with Gasteiger partial charge in [-0.15, -0.1) is 11.3 Å². The average Bonchev–Trinajstić information content (AvgIpc) is 2.80. The molecule has 3 rings (SSSR count). The summed E-state index contributed by atoms with van der Waals surface area (Å²) in [6.07, 6.45) is 1.93. The van der Waals surface area contributed by atoms with Crippen LogP contribution in [0.5, 0.6) is 0 Å². The summed E-state index contributed by atoms with van der Waals surface area (Å²) in [6, 6.07) is 10.4. The molecule has 1 N–H and O–H groups in total. The minimum atomic E-state index is 0.0818. The molecule has 0 bridgehead atoms. The number of benzene rings is 1. The summed E-state index contributed by atoms with van der Waals surface area (Å²) in [5.74, 6) is 0. The van der Waals surface area contributed by atoms with Gasteiger partial charge >= 0.3 is 0 Å². The van der Waals surface area contributed by atoms with Gasteiger partial charge in [-0.05, 0) is 42.6 Å². The fourth-order valence-corrected chi connectivity index (χ4v) is 3.78. The molecule has 20 heavy (non-hydrogen) atoms. The Hall–Kier alpha value is -1.42. The maximum Gasteiger partial charge on any atom is 0.0702 e. The number of halogens is 1. The predicted octanol–water partition coefficient (Wildman–Crippen LogP) is 4.57. The zero-order chi connectivity index (χ0) is 14.1. The van der Waals surface area contributed by atoms with Gasteiger partial charge < -0.3 is 5.32 Å².